The number of carbonyl (C=O) groups is 1. The van der Waals surface area contributed by atoms with E-state index in [1.54, 1.807) is 6.92 Å². The maximum atomic E-state index is 10.1. The van der Waals surface area contributed by atoms with E-state index in [0.29, 0.717) is 19.8 Å². The van der Waals surface area contributed by atoms with Gasteiger partial charge < -0.3 is 19.3 Å². The Morgan fingerprint density at radius 3 is 2.62 bits per heavy atom. The van der Waals surface area contributed by atoms with Gasteiger partial charge in [-0.15, -0.1) is 0 Å². The second-order valence-electron chi connectivity index (χ2n) is 2.34. The minimum absolute atomic E-state index is 0.337. The van der Waals surface area contributed by atoms with Gasteiger partial charge in [-0.05, 0) is 13.8 Å². The molecule has 0 saturated carbocycles. The molecule has 0 aliphatic rings. The third-order valence-electron chi connectivity index (χ3n) is 1.23. The Morgan fingerprint density at radius 1 is 1.38 bits per heavy atom. The van der Waals surface area contributed by atoms with Crippen molar-refractivity contribution in [2.45, 2.75) is 20.1 Å². The molecule has 1 unspecified atom stereocenters. The standard InChI is InChI=1S/C8H16O5/c1-3-11-4-5-12-7(2)13-6-8(9)10/h7H,3-6H2,1-2H3,(H,9,10). The van der Waals surface area contributed by atoms with Crippen molar-refractivity contribution in [2.24, 2.45) is 0 Å². The number of aliphatic carboxylic acids is 1. The van der Waals surface area contributed by atoms with Crippen LogP contribution >= 0.6 is 0 Å². The molecular weight excluding hydrogens is 176 g/mol. The van der Waals surface area contributed by atoms with Crippen molar-refractivity contribution in [1.29, 1.82) is 0 Å². The Balaban J connectivity index is 3.19. The first kappa shape index (κ1) is 12.3. The van der Waals surface area contributed by atoms with Crippen LogP contribution in [0.2, 0.25) is 0 Å². The minimum atomic E-state index is -1.000. The summed E-state index contributed by atoms with van der Waals surface area (Å²) in [5.41, 5.74) is 0. The number of hydrogen-bond acceptors (Lipinski definition) is 4. The molecule has 0 amide bonds. The summed E-state index contributed by atoms with van der Waals surface area (Å²) in [5, 5.41) is 8.27. The zero-order chi connectivity index (χ0) is 10.1. The van der Waals surface area contributed by atoms with Crippen molar-refractivity contribution in [3.8, 4) is 0 Å². The molecule has 0 radical (unpaired) electrons. The van der Waals surface area contributed by atoms with E-state index >= 15 is 0 Å². The summed E-state index contributed by atoms with van der Waals surface area (Å²) in [4.78, 5) is 10.1. The number of carboxylic acids is 1. The maximum absolute atomic E-state index is 10.1. The van der Waals surface area contributed by atoms with Crippen LogP contribution in [0, 0.1) is 0 Å². The van der Waals surface area contributed by atoms with Crippen LogP contribution in [0.3, 0.4) is 0 Å². The Labute approximate surface area is 77.6 Å². The van der Waals surface area contributed by atoms with Gasteiger partial charge in [0.15, 0.2) is 6.29 Å². The van der Waals surface area contributed by atoms with E-state index in [2.05, 4.69) is 0 Å². The SMILES string of the molecule is CCOCCOC(C)OCC(=O)O. The average molecular weight is 192 g/mol. The smallest absolute Gasteiger partial charge is 0.329 e. The lowest BCUT2D eigenvalue weighted by Crippen LogP contribution is -2.20. The predicted octanol–water partition coefficient (Wildman–Crippen LogP) is 0.487. The van der Waals surface area contributed by atoms with Crippen molar-refractivity contribution in [1.82, 2.24) is 0 Å². The van der Waals surface area contributed by atoms with Gasteiger partial charge in [0.05, 0.1) is 13.2 Å². The first-order valence-electron chi connectivity index (χ1n) is 4.19. The van der Waals surface area contributed by atoms with Crippen LogP contribution in [-0.4, -0.2) is 43.8 Å². The Hall–Kier alpha value is -0.650. The summed E-state index contributed by atoms with van der Waals surface area (Å²) in [6.07, 6.45) is -0.503. The molecule has 78 valence electrons. The quantitative estimate of drug-likeness (QED) is 0.448. The van der Waals surface area contributed by atoms with Crippen molar-refractivity contribution >= 4 is 5.97 Å². The fourth-order valence-electron chi connectivity index (χ4n) is 0.654. The van der Waals surface area contributed by atoms with E-state index in [1.807, 2.05) is 6.92 Å². The van der Waals surface area contributed by atoms with Gasteiger partial charge in [0.25, 0.3) is 0 Å². The van der Waals surface area contributed by atoms with E-state index in [9.17, 15) is 4.79 Å². The monoisotopic (exact) mass is 192 g/mol. The Morgan fingerprint density at radius 2 is 2.08 bits per heavy atom. The highest BCUT2D eigenvalue weighted by Crippen LogP contribution is 1.92. The van der Waals surface area contributed by atoms with Crippen LogP contribution in [0.1, 0.15) is 13.8 Å². The molecule has 0 bridgehead atoms. The van der Waals surface area contributed by atoms with Crippen LogP contribution in [0.15, 0.2) is 0 Å². The molecular formula is C8H16O5. The largest absolute Gasteiger partial charge is 0.480 e. The molecule has 13 heavy (non-hydrogen) atoms. The molecule has 0 aromatic heterocycles. The van der Waals surface area contributed by atoms with Crippen molar-refractivity contribution < 1.29 is 24.1 Å². The highest BCUT2D eigenvalue weighted by atomic mass is 16.7. The van der Waals surface area contributed by atoms with Crippen molar-refractivity contribution in [3.63, 3.8) is 0 Å². The second kappa shape index (κ2) is 7.97. The first-order chi connectivity index (χ1) is 6.16. The second-order valence-corrected chi connectivity index (χ2v) is 2.34. The molecule has 0 heterocycles. The molecule has 0 fully saturated rings. The molecule has 1 atom stereocenters. The van der Waals surface area contributed by atoms with Gasteiger partial charge in [-0.1, -0.05) is 0 Å². The van der Waals surface area contributed by atoms with E-state index in [4.69, 9.17) is 19.3 Å². The first-order valence-corrected chi connectivity index (χ1v) is 4.19. The highest BCUT2D eigenvalue weighted by molar-refractivity contribution is 5.67. The van der Waals surface area contributed by atoms with Gasteiger partial charge in [0, 0.05) is 6.61 Å². The maximum Gasteiger partial charge on any atom is 0.329 e. The van der Waals surface area contributed by atoms with Gasteiger partial charge in [0.1, 0.15) is 6.61 Å². The lowest BCUT2D eigenvalue weighted by molar-refractivity contribution is -0.166. The zero-order valence-corrected chi connectivity index (χ0v) is 7.99. The van der Waals surface area contributed by atoms with E-state index in [0.717, 1.165) is 0 Å². The molecule has 0 saturated heterocycles. The predicted molar refractivity (Wildman–Crippen MR) is 45.5 cm³/mol. The average Bonchev–Trinajstić information content (AvgIpc) is 2.09. The van der Waals surface area contributed by atoms with Crippen LogP contribution in [0.5, 0.6) is 0 Å². The topological polar surface area (TPSA) is 65.0 Å². The van der Waals surface area contributed by atoms with Gasteiger partial charge in [0.2, 0.25) is 0 Å². The van der Waals surface area contributed by atoms with Crippen molar-refractivity contribution in [2.75, 3.05) is 26.4 Å². The van der Waals surface area contributed by atoms with Gasteiger partial charge in [-0.3, -0.25) is 0 Å². The molecule has 0 aromatic rings. The number of hydrogen-bond donors (Lipinski definition) is 1. The minimum Gasteiger partial charge on any atom is -0.480 e. The fraction of sp³-hybridized carbons (Fsp3) is 0.875. The van der Waals surface area contributed by atoms with Gasteiger partial charge >= 0.3 is 5.97 Å². The molecule has 0 aliphatic carbocycles. The lowest BCUT2D eigenvalue weighted by atomic mass is 10.6. The Kier molecular flexibility index (Phi) is 7.57. The number of ether oxygens (including phenoxy) is 3. The van der Waals surface area contributed by atoms with Crippen LogP contribution < -0.4 is 0 Å². The summed E-state index contributed by atoms with van der Waals surface area (Å²) < 4.78 is 14.9. The van der Waals surface area contributed by atoms with Crippen LogP contribution in [0.4, 0.5) is 0 Å². The molecule has 5 nitrogen and oxygen atoms in total. The summed E-state index contributed by atoms with van der Waals surface area (Å²) in [7, 11) is 0. The summed E-state index contributed by atoms with van der Waals surface area (Å²) in [6, 6.07) is 0. The molecule has 5 heteroatoms. The van der Waals surface area contributed by atoms with E-state index < -0.39 is 12.3 Å². The number of carboxylic acid groups (broad SMARTS) is 1. The lowest BCUT2D eigenvalue weighted by Gasteiger charge is -2.12. The number of rotatable bonds is 8. The summed E-state index contributed by atoms with van der Waals surface area (Å²) in [5.74, 6) is -1.000. The summed E-state index contributed by atoms with van der Waals surface area (Å²) in [6.45, 7) is 4.76. The molecule has 0 aliphatic heterocycles. The normalized spacial score (nSPS) is 12.8. The van der Waals surface area contributed by atoms with Crippen molar-refractivity contribution in [3.05, 3.63) is 0 Å². The highest BCUT2D eigenvalue weighted by Gasteiger charge is 2.04. The fourth-order valence-corrected chi connectivity index (χ4v) is 0.654. The third-order valence-corrected chi connectivity index (χ3v) is 1.23. The Bertz CT molecular complexity index is 136. The van der Waals surface area contributed by atoms with Crippen LogP contribution in [-0.2, 0) is 19.0 Å². The summed E-state index contributed by atoms with van der Waals surface area (Å²) >= 11 is 0. The zero-order valence-electron chi connectivity index (χ0n) is 7.99. The van der Waals surface area contributed by atoms with E-state index in [1.165, 1.54) is 0 Å². The van der Waals surface area contributed by atoms with Gasteiger partial charge in [-0.25, -0.2) is 4.79 Å². The third kappa shape index (κ3) is 9.26. The molecule has 0 rings (SSSR count). The molecule has 0 spiro atoms. The molecule has 1 N–H and O–H groups in total. The van der Waals surface area contributed by atoms with E-state index in [-0.39, 0.29) is 6.61 Å². The van der Waals surface area contributed by atoms with Gasteiger partial charge in [-0.2, -0.15) is 0 Å². The van der Waals surface area contributed by atoms with Crippen LogP contribution in [0.25, 0.3) is 0 Å². The molecule has 0 aromatic carbocycles.